The van der Waals surface area contributed by atoms with Crippen molar-refractivity contribution >= 4 is 23.3 Å². The van der Waals surface area contributed by atoms with E-state index in [9.17, 15) is 9.59 Å². The van der Waals surface area contributed by atoms with Gasteiger partial charge in [0.05, 0.1) is 4.88 Å². The summed E-state index contributed by atoms with van der Waals surface area (Å²) in [5.74, 6) is -0.387. The van der Waals surface area contributed by atoms with E-state index >= 15 is 0 Å². The van der Waals surface area contributed by atoms with Gasteiger partial charge in [-0.1, -0.05) is 12.1 Å². The maximum absolute atomic E-state index is 11.3. The highest BCUT2D eigenvalue weighted by Crippen LogP contribution is 2.07. The minimum atomic E-state index is -0.511. The van der Waals surface area contributed by atoms with Crippen LogP contribution < -0.4 is 10.6 Å². The van der Waals surface area contributed by atoms with E-state index in [1.165, 1.54) is 17.4 Å². The summed E-state index contributed by atoms with van der Waals surface area (Å²) in [6, 6.07) is 2.89. The molecule has 0 radical (unpaired) electrons. The van der Waals surface area contributed by atoms with E-state index in [0.717, 1.165) is 0 Å². The Morgan fingerprint density at radius 2 is 2.36 bits per heavy atom. The number of imide groups is 1. The van der Waals surface area contributed by atoms with Crippen LogP contribution in [0.1, 0.15) is 9.67 Å². The van der Waals surface area contributed by atoms with Gasteiger partial charge in [0.1, 0.15) is 0 Å². The van der Waals surface area contributed by atoms with E-state index in [0.29, 0.717) is 11.4 Å². The van der Waals surface area contributed by atoms with Crippen LogP contribution in [0.5, 0.6) is 0 Å². The predicted molar refractivity (Wildman–Crippen MR) is 55.4 cm³/mol. The molecule has 0 aliphatic rings. The monoisotopic (exact) mass is 210 g/mol. The molecule has 0 aromatic carbocycles. The number of urea groups is 1. The Morgan fingerprint density at radius 1 is 1.57 bits per heavy atom. The lowest BCUT2D eigenvalue weighted by Crippen LogP contribution is -2.39. The highest BCUT2D eigenvalue weighted by molar-refractivity contribution is 7.12. The highest BCUT2D eigenvalue weighted by atomic mass is 32.1. The first kappa shape index (κ1) is 10.5. The highest BCUT2D eigenvalue weighted by Gasteiger charge is 2.09. The SMILES string of the molecule is C=CCNC(=O)NC(=O)c1cccs1. The van der Waals surface area contributed by atoms with Crippen molar-refractivity contribution in [3.8, 4) is 0 Å². The van der Waals surface area contributed by atoms with Gasteiger partial charge in [0, 0.05) is 6.54 Å². The van der Waals surface area contributed by atoms with Crippen molar-refractivity contribution in [2.24, 2.45) is 0 Å². The fraction of sp³-hybridized carbons (Fsp3) is 0.111. The molecule has 0 unspecified atom stereocenters. The molecule has 74 valence electrons. The molecule has 5 heteroatoms. The second-order valence-electron chi connectivity index (χ2n) is 2.43. The standard InChI is InChI=1S/C9H10N2O2S/c1-2-5-10-9(13)11-8(12)7-4-3-6-14-7/h2-4,6H,1,5H2,(H2,10,11,12,13). The van der Waals surface area contributed by atoms with Gasteiger partial charge in [-0.25, -0.2) is 4.79 Å². The lowest BCUT2D eigenvalue weighted by molar-refractivity contribution is 0.0968. The predicted octanol–water partition coefficient (Wildman–Crippen LogP) is 1.37. The largest absolute Gasteiger partial charge is 0.334 e. The molecule has 0 aliphatic carbocycles. The Morgan fingerprint density at radius 3 is 2.93 bits per heavy atom. The zero-order valence-electron chi connectivity index (χ0n) is 7.45. The zero-order chi connectivity index (χ0) is 10.4. The van der Waals surface area contributed by atoms with Gasteiger partial charge in [-0.05, 0) is 11.4 Å². The van der Waals surface area contributed by atoms with Crippen molar-refractivity contribution in [3.05, 3.63) is 35.0 Å². The van der Waals surface area contributed by atoms with Gasteiger partial charge in [-0.3, -0.25) is 10.1 Å². The van der Waals surface area contributed by atoms with Gasteiger partial charge in [-0.2, -0.15) is 0 Å². The smallest absolute Gasteiger partial charge is 0.321 e. The molecule has 3 amide bonds. The molecule has 0 saturated carbocycles. The summed E-state index contributed by atoms with van der Waals surface area (Å²) < 4.78 is 0. The Bertz CT molecular complexity index is 333. The molecule has 0 fully saturated rings. The number of hydrogen-bond donors (Lipinski definition) is 2. The van der Waals surface area contributed by atoms with Crippen molar-refractivity contribution in [1.82, 2.24) is 10.6 Å². The van der Waals surface area contributed by atoms with Crippen LogP contribution in [0.3, 0.4) is 0 Å². The lowest BCUT2D eigenvalue weighted by Gasteiger charge is -2.02. The molecule has 14 heavy (non-hydrogen) atoms. The number of hydrogen-bond acceptors (Lipinski definition) is 3. The van der Waals surface area contributed by atoms with Crippen LogP contribution >= 0.6 is 11.3 Å². The van der Waals surface area contributed by atoms with E-state index in [1.807, 2.05) is 0 Å². The van der Waals surface area contributed by atoms with Gasteiger partial charge in [0.15, 0.2) is 0 Å². The van der Waals surface area contributed by atoms with Crippen LogP contribution in [0, 0.1) is 0 Å². The van der Waals surface area contributed by atoms with E-state index in [4.69, 9.17) is 0 Å². The van der Waals surface area contributed by atoms with Crippen molar-refractivity contribution < 1.29 is 9.59 Å². The fourth-order valence-corrected chi connectivity index (χ4v) is 1.40. The van der Waals surface area contributed by atoms with E-state index in [2.05, 4.69) is 17.2 Å². The van der Waals surface area contributed by atoms with Crippen LogP contribution in [0.25, 0.3) is 0 Å². The number of rotatable bonds is 3. The Labute approximate surface area is 85.6 Å². The molecule has 1 aromatic rings. The third-order valence-corrected chi connectivity index (χ3v) is 2.25. The summed E-state index contributed by atoms with van der Waals surface area (Å²) in [6.45, 7) is 3.77. The molecule has 0 bridgehead atoms. The maximum Gasteiger partial charge on any atom is 0.321 e. The van der Waals surface area contributed by atoms with Gasteiger partial charge in [0.2, 0.25) is 0 Å². The summed E-state index contributed by atoms with van der Waals surface area (Å²) >= 11 is 1.28. The summed E-state index contributed by atoms with van der Waals surface area (Å²) in [5, 5.41) is 6.41. The number of amides is 3. The number of thiophene rings is 1. The summed E-state index contributed by atoms with van der Waals surface area (Å²) in [4.78, 5) is 22.8. The second kappa shape index (κ2) is 5.18. The van der Waals surface area contributed by atoms with Crippen molar-refractivity contribution in [1.29, 1.82) is 0 Å². The number of nitrogens with one attached hydrogen (secondary N) is 2. The first-order valence-corrected chi connectivity index (χ1v) is 4.85. The molecule has 1 heterocycles. The molecule has 0 atom stereocenters. The summed E-state index contributed by atoms with van der Waals surface area (Å²) in [6.07, 6.45) is 1.54. The average molecular weight is 210 g/mol. The molecular formula is C9H10N2O2S. The van der Waals surface area contributed by atoms with Gasteiger partial charge in [0.25, 0.3) is 5.91 Å². The molecule has 0 aliphatic heterocycles. The van der Waals surface area contributed by atoms with Crippen LogP contribution in [0.2, 0.25) is 0 Å². The molecule has 4 nitrogen and oxygen atoms in total. The van der Waals surface area contributed by atoms with Crippen LogP contribution in [-0.2, 0) is 0 Å². The minimum absolute atomic E-state index is 0.337. The number of carbonyl (C=O) groups is 2. The quantitative estimate of drug-likeness (QED) is 0.740. The Kier molecular flexibility index (Phi) is 3.87. The Hall–Kier alpha value is -1.62. The van der Waals surface area contributed by atoms with Crippen molar-refractivity contribution in [3.63, 3.8) is 0 Å². The lowest BCUT2D eigenvalue weighted by atomic mass is 10.4. The number of carbonyl (C=O) groups excluding carboxylic acids is 2. The van der Waals surface area contributed by atoms with Crippen LogP contribution in [0.15, 0.2) is 30.2 Å². The molecule has 1 rings (SSSR count). The maximum atomic E-state index is 11.3. The van der Waals surface area contributed by atoms with Gasteiger partial charge >= 0.3 is 6.03 Å². The van der Waals surface area contributed by atoms with Crippen LogP contribution in [-0.4, -0.2) is 18.5 Å². The second-order valence-corrected chi connectivity index (χ2v) is 3.38. The minimum Gasteiger partial charge on any atom is -0.334 e. The average Bonchev–Trinajstić information content (AvgIpc) is 2.67. The normalized spacial score (nSPS) is 9.14. The molecule has 1 aromatic heterocycles. The molecular weight excluding hydrogens is 200 g/mol. The molecule has 0 saturated heterocycles. The van der Waals surface area contributed by atoms with Gasteiger partial charge < -0.3 is 5.32 Å². The van der Waals surface area contributed by atoms with Crippen LogP contribution in [0.4, 0.5) is 4.79 Å². The Balaban J connectivity index is 2.41. The summed E-state index contributed by atoms with van der Waals surface area (Å²) in [5.41, 5.74) is 0. The van der Waals surface area contributed by atoms with E-state index < -0.39 is 6.03 Å². The van der Waals surface area contributed by atoms with Crippen molar-refractivity contribution in [2.45, 2.75) is 0 Å². The third-order valence-electron chi connectivity index (χ3n) is 1.38. The molecule has 2 N–H and O–H groups in total. The topological polar surface area (TPSA) is 58.2 Å². The van der Waals surface area contributed by atoms with Crippen molar-refractivity contribution in [2.75, 3.05) is 6.54 Å². The van der Waals surface area contributed by atoms with E-state index in [1.54, 1.807) is 17.5 Å². The van der Waals surface area contributed by atoms with E-state index in [-0.39, 0.29) is 5.91 Å². The zero-order valence-corrected chi connectivity index (χ0v) is 8.26. The third kappa shape index (κ3) is 3.02. The summed E-state index contributed by atoms with van der Waals surface area (Å²) in [7, 11) is 0. The first-order valence-electron chi connectivity index (χ1n) is 3.97. The molecule has 0 spiro atoms. The first-order chi connectivity index (χ1) is 6.74. The van der Waals surface area contributed by atoms with Gasteiger partial charge in [-0.15, -0.1) is 17.9 Å². The fourth-order valence-electron chi connectivity index (χ4n) is 0.782.